The summed E-state index contributed by atoms with van der Waals surface area (Å²) in [4.78, 5) is 2.68. The zero-order chi connectivity index (χ0) is 25.6. The second-order valence-corrected chi connectivity index (χ2v) is 11.7. The number of thiophene rings is 1. The topological polar surface area (TPSA) is 43.8 Å². The Labute approximate surface area is 213 Å². The van der Waals surface area contributed by atoms with Crippen LogP contribution in [0.5, 0.6) is 0 Å². The van der Waals surface area contributed by atoms with E-state index >= 15 is 0 Å². The molecule has 2 heterocycles. The molecule has 2 atom stereocenters. The largest absolute Gasteiger partial charge is 0.421 e. The zero-order valence-corrected chi connectivity index (χ0v) is 21.6. The van der Waals surface area contributed by atoms with Crippen LogP contribution in [0.2, 0.25) is 0 Å². The third-order valence-electron chi connectivity index (χ3n) is 5.43. The number of anilines is 1. The van der Waals surface area contributed by atoms with Crippen LogP contribution >= 0.6 is 23.3 Å². The van der Waals surface area contributed by atoms with E-state index in [0.29, 0.717) is 4.90 Å². The minimum Gasteiger partial charge on any atom is -0.376 e. The van der Waals surface area contributed by atoms with Crippen molar-refractivity contribution in [1.82, 2.24) is 4.31 Å². The standard InChI is InChI=1S/C17H19F3N2OS2.C7H7FOS/c1-16(23,17(18,19)20)13-4-6-14(7-5-13)21-8-10-22(11-9-21)25-15-3-2-12-24-15;1-10(9)7-4-2-3-6(8)5-7/h2-7,12,23H,8-11H2,1H3;2-5H,1H3. The minimum absolute atomic E-state index is 0.143. The summed E-state index contributed by atoms with van der Waals surface area (Å²) in [6.07, 6.45) is -3.17. The molecule has 11 heteroatoms. The van der Waals surface area contributed by atoms with Crippen molar-refractivity contribution < 1.29 is 26.9 Å². The van der Waals surface area contributed by atoms with E-state index in [-0.39, 0.29) is 11.4 Å². The Hall–Kier alpha value is -1.92. The SMILES string of the molecule is CC(O)(c1ccc(N2CCN(Sc3cccs3)CC2)cc1)C(F)(F)F.CS(=O)c1cccc(F)c1. The third-order valence-corrected chi connectivity index (χ3v) is 8.46. The number of benzene rings is 2. The molecule has 4 nitrogen and oxygen atoms in total. The molecule has 0 spiro atoms. The van der Waals surface area contributed by atoms with E-state index in [1.54, 1.807) is 47.6 Å². The van der Waals surface area contributed by atoms with Crippen LogP contribution in [0.25, 0.3) is 0 Å². The summed E-state index contributed by atoms with van der Waals surface area (Å²) in [5.74, 6) is -0.340. The number of alkyl halides is 3. The van der Waals surface area contributed by atoms with Crippen molar-refractivity contribution in [3.8, 4) is 0 Å². The molecular weight excluding hydrogens is 520 g/mol. The smallest absolute Gasteiger partial charge is 0.376 e. The van der Waals surface area contributed by atoms with Gasteiger partial charge < -0.3 is 10.0 Å². The number of hydrogen-bond donors (Lipinski definition) is 1. The molecule has 1 N–H and O–H groups in total. The molecule has 0 amide bonds. The van der Waals surface area contributed by atoms with Gasteiger partial charge in [0.2, 0.25) is 0 Å². The van der Waals surface area contributed by atoms with Crippen LogP contribution in [-0.2, 0) is 16.4 Å². The maximum absolute atomic E-state index is 12.9. The van der Waals surface area contributed by atoms with Crippen LogP contribution in [0.4, 0.5) is 23.2 Å². The molecule has 0 bridgehead atoms. The number of hydrogen-bond acceptors (Lipinski definition) is 6. The first-order valence-electron chi connectivity index (χ1n) is 10.7. The van der Waals surface area contributed by atoms with Gasteiger partial charge in [0.25, 0.3) is 0 Å². The fourth-order valence-electron chi connectivity index (χ4n) is 3.29. The summed E-state index contributed by atoms with van der Waals surface area (Å²) in [5.41, 5.74) is -2.10. The predicted octanol–water partition coefficient (Wildman–Crippen LogP) is 5.91. The summed E-state index contributed by atoms with van der Waals surface area (Å²) >= 11 is 3.46. The highest BCUT2D eigenvalue weighted by molar-refractivity contribution is 7.98. The number of halogens is 4. The molecule has 1 fully saturated rings. The lowest BCUT2D eigenvalue weighted by atomic mass is 9.95. The Kier molecular flexibility index (Phi) is 9.39. The average molecular weight is 547 g/mol. The van der Waals surface area contributed by atoms with Crippen molar-refractivity contribution in [2.45, 2.75) is 27.8 Å². The molecule has 1 aromatic heterocycles. The van der Waals surface area contributed by atoms with E-state index in [2.05, 4.69) is 20.7 Å². The van der Waals surface area contributed by atoms with Crippen LogP contribution < -0.4 is 4.90 Å². The normalized spacial score (nSPS) is 17.3. The molecule has 0 aliphatic carbocycles. The molecule has 1 saturated heterocycles. The molecule has 4 rings (SSSR count). The first kappa shape index (κ1) is 27.7. The van der Waals surface area contributed by atoms with E-state index in [4.69, 9.17) is 0 Å². The van der Waals surface area contributed by atoms with Gasteiger partial charge in [0.1, 0.15) is 5.82 Å². The molecule has 0 radical (unpaired) electrons. The fourth-order valence-corrected chi connectivity index (χ4v) is 5.68. The van der Waals surface area contributed by atoms with Gasteiger partial charge in [-0.15, -0.1) is 11.3 Å². The molecule has 2 unspecified atom stereocenters. The van der Waals surface area contributed by atoms with Crippen molar-refractivity contribution >= 4 is 39.8 Å². The van der Waals surface area contributed by atoms with Gasteiger partial charge >= 0.3 is 6.18 Å². The number of piperazine rings is 1. The highest BCUT2D eigenvalue weighted by Crippen LogP contribution is 2.39. The van der Waals surface area contributed by atoms with Gasteiger partial charge in [-0.3, -0.25) is 4.21 Å². The summed E-state index contributed by atoms with van der Waals surface area (Å²) < 4.78 is 65.4. The van der Waals surface area contributed by atoms with E-state index in [1.165, 1.54) is 34.7 Å². The van der Waals surface area contributed by atoms with Crippen LogP contribution in [-0.4, -0.2) is 52.2 Å². The van der Waals surface area contributed by atoms with E-state index in [1.807, 2.05) is 6.07 Å². The fraction of sp³-hybridized carbons (Fsp3) is 0.333. The molecule has 3 aromatic rings. The van der Waals surface area contributed by atoms with Crippen molar-refractivity contribution in [3.63, 3.8) is 0 Å². The second kappa shape index (κ2) is 11.9. The van der Waals surface area contributed by atoms with Crippen LogP contribution in [0.1, 0.15) is 12.5 Å². The van der Waals surface area contributed by atoms with Gasteiger partial charge in [-0.1, -0.05) is 24.3 Å². The molecule has 0 saturated carbocycles. The first-order chi connectivity index (χ1) is 16.5. The van der Waals surface area contributed by atoms with Gasteiger partial charge in [-0.2, -0.15) is 13.2 Å². The second-order valence-electron chi connectivity index (χ2n) is 7.97. The van der Waals surface area contributed by atoms with Gasteiger partial charge in [0, 0.05) is 53.8 Å². The maximum atomic E-state index is 12.9. The van der Waals surface area contributed by atoms with Crippen LogP contribution in [0.3, 0.4) is 0 Å². The Bertz CT molecular complexity index is 1100. The molecule has 1 aliphatic rings. The number of nitrogens with zero attached hydrogens (tertiary/aromatic N) is 2. The lowest BCUT2D eigenvalue weighted by Crippen LogP contribution is -2.43. The van der Waals surface area contributed by atoms with Gasteiger partial charge in [0.15, 0.2) is 5.60 Å². The van der Waals surface area contributed by atoms with Crippen molar-refractivity contribution in [2.75, 3.05) is 37.3 Å². The van der Waals surface area contributed by atoms with Crippen molar-refractivity contribution in [3.05, 3.63) is 77.4 Å². The van der Waals surface area contributed by atoms with E-state index < -0.39 is 22.6 Å². The van der Waals surface area contributed by atoms with Gasteiger partial charge in [0.05, 0.1) is 4.21 Å². The van der Waals surface area contributed by atoms with E-state index in [9.17, 15) is 26.9 Å². The zero-order valence-electron chi connectivity index (χ0n) is 19.2. The lowest BCUT2D eigenvalue weighted by molar-refractivity contribution is -0.258. The summed E-state index contributed by atoms with van der Waals surface area (Å²) in [7, 11) is -1.08. The highest BCUT2D eigenvalue weighted by Gasteiger charge is 2.51. The quantitative estimate of drug-likeness (QED) is 0.318. The highest BCUT2D eigenvalue weighted by atomic mass is 32.2. The van der Waals surface area contributed by atoms with Crippen LogP contribution in [0.15, 0.2) is 75.1 Å². The van der Waals surface area contributed by atoms with Crippen molar-refractivity contribution in [2.24, 2.45) is 0 Å². The average Bonchev–Trinajstić information content (AvgIpc) is 3.32. The molecular formula is C24H26F4N2O2S3. The molecule has 1 aliphatic heterocycles. The molecule has 2 aromatic carbocycles. The third kappa shape index (κ3) is 7.53. The molecule has 35 heavy (non-hydrogen) atoms. The summed E-state index contributed by atoms with van der Waals surface area (Å²) in [6.45, 7) is 4.17. The van der Waals surface area contributed by atoms with E-state index in [0.717, 1.165) is 38.8 Å². The van der Waals surface area contributed by atoms with Crippen LogP contribution in [0, 0.1) is 5.82 Å². The van der Waals surface area contributed by atoms with Gasteiger partial charge in [-0.05, 0) is 66.2 Å². The maximum Gasteiger partial charge on any atom is 0.421 e. The Balaban J connectivity index is 0.000000287. The Morgan fingerprint density at radius 3 is 2.14 bits per heavy atom. The van der Waals surface area contributed by atoms with Gasteiger partial charge in [-0.25, -0.2) is 8.70 Å². The lowest BCUT2D eigenvalue weighted by Gasteiger charge is -2.35. The first-order valence-corrected chi connectivity index (χ1v) is 13.9. The van der Waals surface area contributed by atoms with Crippen molar-refractivity contribution in [1.29, 1.82) is 0 Å². The number of rotatable bonds is 5. The molecule has 190 valence electrons. The predicted molar refractivity (Wildman–Crippen MR) is 135 cm³/mol. The Morgan fingerprint density at radius 2 is 1.66 bits per heavy atom. The summed E-state index contributed by atoms with van der Waals surface area (Å²) in [6, 6.07) is 15.9. The monoisotopic (exact) mass is 546 g/mol. The number of aliphatic hydroxyl groups is 1. The Morgan fingerprint density at radius 1 is 1.00 bits per heavy atom. The minimum atomic E-state index is -4.70. The summed E-state index contributed by atoms with van der Waals surface area (Å²) in [5, 5.41) is 11.8.